The number of hydrogen-bond acceptors (Lipinski definition) is 4. The van der Waals surface area contributed by atoms with E-state index >= 15 is 0 Å². The predicted molar refractivity (Wildman–Crippen MR) is 149 cm³/mol. The van der Waals surface area contributed by atoms with Crippen LogP contribution in [0.2, 0.25) is 0 Å². The predicted octanol–water partition coefficient (Wildman–Crippen LogP) is 7.41. The van der Waals surface area contributed by atoms with Crippen molar-refractivity contribution in [1.82, 2.24) is 19.5 Å². The Morgan fingerprint density at radius 3 is 2.08 bits per heavy atom. The van der Waals surface area contributed by atoms with Crippen LogP contribution in [-0.2, 0) is 0 Å². The van der Waals surface area contributed by atoms with Crippen LogP contribution in [0.4, 0.5) is 0 Å². The summed E-state index contributed by atoms with van der Waals surface area (Å²) in [5, 5.41) is 12.0. The van der Waals surface area contributed by atoms with Crippen molar-refractivity contribution in [1.29, 1.82) is 5.26 Å². The Bertz CT molecular complexity index is 1850. The molecule has 0 saturated carbocycles. The van der Waals surface area contributed by atoms with E-state index < -0.39 is 0 Å². The van der Waals surface area contributed by atoms with Gasteiger partial charge in [-0.05, 0) is 69.2 Å². The van der Waals surface area contributed by atoms with Crippen molar-refractivity contribution in [3.8, 4) is 34.3 Å². The number of nitrogens with zero attached hydrogens (tertiary/aromatic N) is 5. The highest BCUT2D eigenvalue weighted by atomic mass is 15.0. The van der Waals surface area contributed by atoms with Crippen molar-refractivity contribution >= 4 is 21.8 Å². The molecule has 0 saturated heterocycles. The van der Waals surface area contributed by atoms with Crippen molar-refractivity contribution < 1.29 is 0 Å². The smallest absolute Gasteiger partial charge is 0.165 e. The lowest BCUT2D eigenvalue weighted by molar-refractivity contribution is 0.926. The molecule has 0 fully saturated rings. The van der Waals surface area contributed by atoms with Crippen LogP contribution in [-0.4, -0.2) is 19.5 Å². The van der Waals surface area contributed by atoms with Crippen molar-refractivity contribution in [3.63, 3.8) is 0 Å². The van der Waals surface area contributed by atoms with Crippen LogP contribution in [0.1, 0.15) is 28.3 Å². The molecular weight excluding hydrogens is 454 g/mol. The van der Waals surface area contributed by atoms with E-state index in [-0.39, 0.29) is 0 Å². The van der Waals surface area contributed by atoms with E-state index in [1.165, 1.54) is 27.5 Å². The minimum atomic E-state index is 0.561. The number of benzene rings is 4. The summed E-state index contributed by atoms with van der Waals surface area (Å²) in [5.74, 6) is 1.86. The molecular formula is C32H25N5. The zero-order valence-electron chi connectivity index (χ0n) is 21.2. The third-order valence-corrected chi connectivity index (χ3v) is 6.70. The van der Waals surface area contributed by atoms with Gasteiger partial charge in [-0.1, -0.05) is 59.7 Å². The molecule has 0 bridgehead atoms. The molecule has 0 aliphatic rings. The van der Waals surface area contributed by atoms with Gasteiger partial charge < -0.3 is 4.57 Å². The van der Waals surface area contributed by atoms with Gasteiger partial charge in [-0.3, -0.25) is 0 Å². The van der Waals surface area contributed by atoms with Crippen LogP contribution in [0.15, 0.2) is 78.9 Å². The Morgan fingerprint density at radius 1 is 0.649 bits per heavy atom. The monoisotopic (exact) mass is 479 g/mol. The number of aryl methyl sites for hydroxylation is 4. The first-order valence-electron chi connectivity index (χ1n) is 12.3. The van der Waals surface area contributed by atoms with Gasteiger partial charge in [-0.15, -0.1) is 0 Å². The molecule has 0 spiro atoms. The summed E-state index contributed by atoms with van der Waals surface area (Å²) in [6.07, 6.45) is 0. The molecule has 0 aliphatic carbocycles. The van der Waals surface area contributed by atoms with Gasteiger partial charge in [0.25, 0.3) is 0 Å². The SMILES string of the molecule is Cc1cc(C)cc(-c2ccc3c4ccccc4n(-c4ccc(C#N)cc4-c4nc(C)nc(C)n4)c3c2)c1. The van der Waals surface area contributed by atoms with Crippen molar-refractivity contribution in [2.45, 2.75) is 27.7 Å². The first-order chi connectivity index (χ1) is 17.9. The van der Waals surface area contributed by atoms with Gasteiger partial charge in [0.05, 0.1) is 28.4 Å². The molecule has 0 amide bonds. The molecule has 2 aromatic heterocycles. The fraction of sp³-hybridized carbons (Fsp3) is 0.125. The van der Waals surface area contributed by atoms with Crippen LogP contribution >= 0.6 is 0 Å². The third kappa shape index (κ3) is 3.93. The lowest BCUT2D eigenvalue weighted by Crippen LogP contribution is -2.03. The number of aromatic nitrogens is 4. The molecule has 4 aromatic carbocycles. The molecule has 0 radical (unpaired) electrons. The molecule has 0 N–H and O–H groups in total. The minimum absolute atomic E-state index is 0.561. The molecule has 178 valence electrons. The van der Waals surface area contributed by atoms with Gasteiger partial charge in [-0.25, -0.2) is 15.0 Å². The highest BCUT2D eigenvalue weighted by molar-refractivity contribution is 6.10. The van der Waals surface area contributed by atoms with E-state index in [4.69, 9.17) is 0 Å². The Morgan fingerprint density at radius 2 is 1.35 bits per heavy atom. The maximum atomic E-state index is 9.68. The summed E-state index contributed by atoms with van der Waals surface area (Å²) < 4.78 is 2.27. The first-order valence-corrected chi connectivity index (χ1v) is 12.3. The van der Waals surface area contributed by atoms with Gasteiger partial charge >= 0.3 is 0 Å². The summed E-state index contributed by atoms with van der Waals surface area (Å²) >= 11 is 0. The molecule has 6 rings (SSSR count). The van der Waals surface area contributed by atoms with Gasteiger partial charge in [0.1, 0.15) is 11.6 Å². The standard InChI is InChI=1S/C32H25N5/c1-19-13-20(2)15-25(14-19)24-10-11-27-26-7-5-6-8-29(26)37(31(27)17-24)30-12-9-23(18-33)16-28(30)32-35-21(3)34-22(4)36-32/h5-17H,1-4H3. The Kier molecular flexibility index (Phi) is 5.31. The van der Waals surface area contributed by atoms with Crippen LogP contribution in [0.25, 0.3) is 50.0 Å². The second-order valence-corrected chi connectivity index (χ2v) is 9.56. The lowest BCUT2D eigenvalue weighted by atomic mass is 9.99. The average Bonchev–Trinajstić information content (AvgIpc) is 3.20. The van der Waals surface area contributed by atoms with Gasteiger partial charge in [0.15, 0.2) is 5.82 Å². The number of nitriles is 1. The normalized spacial score (nSPS) is 11.2. The van der Waals surface area contributed by atoms with Crippen LogP contribution in [0.5, 0.6) is 0 Å². The zero-order valence-corrected chi connectivity index (χ0v) is 21.2. The van der Waals surface area contributed by atoms with E-state index in [1.54, 1.807) is 0 Å². The second kappa shape index (κ2) is 8.69. The maximum Gasteiger partial charge on any atom is 0.165 e. The van der Waals surface area contributed by atoms with Crippen molar-refractivity contribution in [2.24, 2.45) is 0 Å². The molecule has 5 nitrogen and oxygen atoms in total. The number of fused-ring (bicyclic) bond motifs is 3. The highest BCUT2D eigenvalue weighted by Gasteiger charge is 2.18. The molecule has 6 aromatic rings. The van der Waals surface area contributed by atoms with Gasteiger partial charge in [0, 0.05) is 16.3 Å². The largest absolute Gasteiger partial charge is 0.308 e. The van der Waals surface area contributed by atoms with Gasteiger partial charge in [-0.2, -0.15) is 5.26 Å². The summed E-state index contributed by atoms with van der Waals surface area (Å²) in [6.45, 7) is 7.99. The quantitative estimate of drug-likeness (QED) is 0.265. The third-order valence-electron chi connectivity index (χ3n) is 6.70. The first kappa shape index (κ1) is 22.6. The Balaban J connectivity index is 1.70. The number of para-hydroxylation sites is 1. The molecule has 0 unspecified atom stereocenters. The topological polar surface area (TPSA) is 67.4 Å². The molecule has 0 atom stereocenters. The van der Waals surface area contributed by atoms with E-state index in [0.717, 1.165) is 27.8 Å². The maximum absolute atomic E-state index is 9.68. The number of rotatable bonds is 3. The van der Waals surface area contributed by atoms with E-state index in [0.29, 0.717) is 23.0 Å². The van der Waals surface area contributed by atoms with E-state index in [2.05, 4.69) is 100 Å². The molecule has 5 heteroatoms. The summed E-state index contributed by atoms with van der Waals surface area (Å²) in [5.41, 5.74) is 9.29. The molecule has 0 aliphatic heterocycles. The van der Waals surface area contributed by atoms with Crippen LogP contribution < -0.4 is 0 Å². The second-order valence-electron chi connectivity index (χ2n) is 9.56. The number of hydrogen-bond donors (Lipinski definition) is 0. The van der Waals surface area contributed by atoms with Crippen LogP contribution in [0, 0.1) is 39.0 Å². The fourth-order valence-corrected chi connectivity index (χ4v) is 5.27. The molecule has 37 heavy (non-hydrogen) atoms. The Hall–Kier alpha value is -4.82. The van der Waals surface area contributed by atoms with Gasteiger partial charge in [0.2, 0.25) is 0 Å². The van der Waals surface area contributed by atoms with Crippen LogP contribution in [0.3, 0.4) is 0 Å². The van der Waals surface area contributed by atoms with Crippen molar-refractivity contribution in [2.75, 3.05) is 0 Å². The highest BCUT2D eigenvalue weighted by Crippen LogP contribution is 2.37. The minimum Gasteiger partial charge on any atom is -0.308 e. The summed E-state index contributed by atoms with van der Waals surface area (Å²) in [6, 6.07) is 29.7. The summed E-state index contributed by atoms with van der Waals surface area (Å²) in [4.78, 5) is 13.7. The fourth-order valence-electron chi connectivity index (χ4n) is 5.27. The Labute approximate surface area is 215 Å². The lowest BCUT2D eigenvalue weighted by Gasteiger charge is -2.14. The van der Waals surface area contributed by atoms with E-state index in [1.807, 2.05) is 32.0 Å². The molecule has 2 heterocycles. The van der Waals surface area contributed by atoms with E-state index in [9.17, 15) is 5.26 Å². The van der Waals surface area contributed by atoms with Crippen molar-refractivity contribution in [3.05, 3.63) is 107 Å². The average molecular weight is 480 g/mol. The summed E-state index contributed by atoms with van der Waals surface area (Å²) in [7, 11) is 0. The zero-order chi connectivity index (χ0) is 25.7.